The Bertz CT molecular complexity index is 476. The first-order chi connectivity index (χ1) is 8.75. The van der Waals surface area contributed by atoms with E-state index in [4.69, 9.17) is 5.11 Å². The van der Waals surface area contributed by atoms with Crippen molar-refractivity contribution < 1.29 is 9.90 Å². The number of rotatable bonds is 6. The molecule has 0 saturated heterocycles. The van der Waals surface area contributed by atoms with Crippen molar-refractivity contribution in [3.05, 3.63) is 58.3 Å². The Hall–Kier alpha value is -1.61. The molecule has 1 atom stereocenters. The third-order valence-electron chi connectivity index (χ3n) is 2.99. The highest BCUT2D eigenvalue weighted by Gasteiger charge is 2.16. The lowest BCUT2D eigenvalue weighted by Gasteiger charge is -2.13. The molecule has 1 unspecified atom stereocenters. The zero-order chi connectivity index (χ0) is 12.8. The van der Waals surface area contributed by atoms with Gasteiger partial charge in [-0.25, -0.2) is 0 Å². The topological polar surface area (TPSA) is 37.3 Å². The molecule has 0 aliphatic heterocycles. The zero-order valence-corrected chi connectivity index (χ0v) is 10.9. The van der Waals surface area contributed by atoms with Gasteiger partial charge < -0.3 is 5.11 Å². The van der Waals surface area contributed by atoms with Gasteiger partial charge in [-0.1, -0.05) is 36.4 Å². The highest BCUT2D eigenvalue weighted by Crippen LogP contribution is 2.28. The fourth-order valence-corrected chi connectivity index (χ4v) is 2.93. The van der Waals surface area contributed by atoms with Crippen molar-refractivity contribution in [3.8, 4) is 0 Å². The van der Waals surface area contributed by atoms with E-state index in [0.717, 1.165) is 12.8 Å². The van der Waals surface area contributed by atoms with Gasteiger partial charge in [0, 0.05) is 10.8 Å². The summed E-state index contributed by atoms with van der Waals surface area (Å²) in [5, 5.41) is 11.0. The Morgan fingerprint density at radius 1 is 1.17 bits per heavy atom. The number of hydrogen-bond donors (Lipinski definition) is 1. The zero-order valence-electron chi connectivity index (χ0n) is 10.1. The van der Waals surface area contributed by atoms with Crippen LogP contribution in [0.5, 0.6) is 0 Å². The molecular weight excluding hydrogens is 244 g/mol. The van der Waals surface area contributed by atoms with E-state index in [1.54, 1.807) is 11.3 Å². The quantitative estimate of drug-likeness (QED) is 0.854. The molecule has 0 bridgehead atoms. The predicted molar refractivity (Wildman–Crippen MR) is 74.1 cm³/mol. The van der Waals surface area contributed by atoms with Crippen molar-refractivity contribution in [1.82, 2.24) is 0 Å². The summed E-state index contributed by atoms with van der Waals surface area (Å²) in [6, 6.07) is 14.2. The monoisotopic (exact) mass is 260 g/mol. The minimum absolute atomic E-state index is 0.128. The molecular formula is C15H16O2S. The van der Waals surface area contributed by atoms with E-state index >= 15 is 0 Å². The molecule has 0 aliphatic carbocycles. The minimum Gasteiger partial charge on any atom is -0.481 e. The van der Waals surface area contributed by atoms with Crippen molar-refractivity contribution in [3.63, 3.8) is 0 Å². The van der Waals surface area contributed by atoms with Gasteiger partial charge in [0.25, 0.3) is 0 Å². The second kappa shape index (κ2) is 6.36. The molecule has 2 nitrogen and oxygen atoms in total. The van der Waals surface area contributed by atoms with Crippen molar-refractivity contribution in [1.29, 1.82) is 0 Å². The van der Waals surface area contributed by atoms with E-state index in [-0.39, 0.29) is 12.3 Å². The van der Waals surface area contributed by atoms with Crippen LogP contribution >= 0.6 is 11.3 Å². The lowest BCUT2D eigenvalue weighted by molar-refractivity contribution is -0.137. The summed E-state index contributed by atoms with van der Waals surface area (Å²) >= 11 is 1.64. The van der Waals surface area contributed by atoms with Crippen LogP contribution in [-0.2, 0) is 11.2 Å². The molecule has 3 heteroatoms. The van der Waals surface area contributed by atoms with Crippen LogP contribution < -0.4 is 0 Å². The Kier molecular flexibility index (Phi) is 4.53. The van der Waals surface area contributed by atoms with Gasteiger partial charge in [-0.2, -0.15) is 0 Å². The van der Waals surface area contributed by atoms with Gasteiger partial charge in [-0.3, -0.25) is 4.79 Å². The smallest absolute Gasteiger partial charge is 0.303 e. The number of aliphatic carboxylic acids is 1. The number of carbonyl (C=O) groups is 1. The summed E-state index contributed by atoms with van der Waals surface area (Å²) < 4.78 is 0. The first-order valence-corrected chi connectivity index (χ1v) is 6.93. The molecule has 1 heterocycles. The maximum absolute atomic E-state index is 10.9. The van der Waals surface area contributed by atoms with Crippen molar-refractivity contribution in [2.75, 3.05) is 0 Å². The number of aryl methyl sites for hydroxylation is 1. The molecule has 2 aromatic rings. The third kappa shape index (κ3) is 3.70. The van der Waals surface area contributed by atoms with Crippen LogP contribution in [0, 0.1) is 0 Å². The maximum atomic E-state index is 10.9. The van der Waals surface area contributed by atoms with Gasteiger partial charge in [0.05, 0.1) is 6.42 Å². The molecule has 1 N–H and O–H groups in total. The predicted octanol–water partition coefficient (Wildman–Crippen LogP) is 3.94. The van der Waals surface area contributed by atoms with Gasteiger partial charge in [0.1, 0.15) is 0 Å². The van der Waals surface area contributed by atoms with Crippen molar-refractivity contribution in [2.45, 2.75) is 25.2 Å². The van der Waals surface area contributed by atoms with Crippen LogP contribution in [0.3, 0.4) is 0 Å². The number of carboxylic acid groups (broad SMARTS) is 1. The standard InChI is InChI=1S/C15H16O2S/c16-15(17)11-13(14-7-4-10-18-14)9-8-12-5-2-1-3-6-12/h1-7,10,13H,8-9,11H2,(H,16,17). The van der Waals surface area contributed by atoms with Gasteiger partial charge >= 0.3 is 5.97 Å². The van der Waals surface area contributed by atoms with E-state index in [0.29, 0.717) is 0 Å². The van der Waals surface area contributed by atoms with E-state index in [1.165, 1.54) is 10.4 Å². The summed E-state index contributed by atoms with van der Waals surface area (Å²) in [4.78, 5) is 12.1. The summed E-state index contributed by atoms with van der Waals surface area (Å²) in [5.74, 6) is -0.593. The second-order valence-corrected chi connectivity index (χ2v) is 5.31. The lowest BCUT2D eigenvalue weighted by Crippen LogP contribution is -2.06. The molecule has 94 valence electrons. The van der Waals surface area contributed by atoms with E-state index in [1.807, 2.05) is 35.7 Å². The average molecular weight is 260 g/mol. The van der Waals surface area contributed by atoms with Crippen molar-refractivity contribution >= 4 is 17.3 Å². The molecule has 0 saturated carbocycles. The van der Waals surface area contributed by atoms with Crippen LogP contribution in [0.2, 0.25) is 0 Å². The molecule has 0 amide bonds. The van der Waals surface area contributed by atoms with Crippen LogP contribution in [0.15, 0.2) is 47.8 Å². The van der Waals surface area contributed by atoms with Crippen LogP contribution in [0.25, 0.3) is 0 Å². The Labute approximate surface area is 111 Å². The van der Waals surface area contributed by atoms with Crippen LogP contribution in [0.4, 0.5) is 0 Å². The highest BCUT2D eigenvalue weighted by molar-refractivity contribution is 7.10. The summed E-state index contributed by atoms with van der Waals surface area (Å²) in [5.41, 5.74) is 1.27. The molecule has 0 spiro atoms. The maximum Gasteiger partial charge on any atom is 0.303 e. The number of hydrogen-bond acceptors (Lipinski definition) is 2. The Morgan fingerprint density at radius 3 is 2.56 bits per heavy atom. The molecule has 18 heavy (non-hydrogen) atoms. The Morgan fingerprint density at radius 2 is 1.94 bits per heavy atom. The molecule has 0 radical (unpaired) electrons. The first-order valence-electron chi connectivity index (χ1n) is 6.05. The number of thiophene rings is 1. The summed E-state index contributed by atoms with van der Waals surface area (Å²) in [7, 11) is 0. The average Bonchev–Trinajstić information content (AvgIpc) is 2.89. The first kappa shape index (κ1) is 12.8. The largest absolute Gasteiger partial charge is 0.481 e. The summed E-state index contributed by atoms with van der Waals surface area (Å²) in [6.45, 7) is 0. The van der Waals surface area contributed by atoms with Gasteiger partial charge in [0.2, 0.25) is 0 Å². The van der Waals surface area contributed by atoms with E-state index in [9.17, 15) is 4.79 Å². The SMILES string of the molecule is O=C(O)CC(CCc1ccccc1)c1cccs1. The molecule has 1 aromatic carbocycles. The lowest BCUT2D eigenvalue weighted by atomic mass is 9.95. The molecule has 0 fully saturated rings. The van der Waals surface area contributed by atoms with E-state index in [2.05, 4.69) is 12.1 Å². The Balaban J connectivity index is 2.00. The van der Waals surface area contributed by atoms with Crippen LogP contribution in [0.1, 0.15) is 29.2 Å². The molecule has 2 rings (SSSR count). The normalized spacial score (nSPS) is 12.2. The van der Waals surface area contributed by atoms with Gasteiger partial charge in [-0.15, -0.1) is 11.3 Å². The van der Waals surface area contributed by atoms with Crippen LogP contribution in [-0.4, -0.2) is 11.1 Å². The third-order valence-corrected chi connectivity index (χ3v) is 4.03. The molecule has 1 aromatic heterocycles. The highest BCUT2D eigenvalue weighted by atomic mass is 32.1. The van der Waals surface area contributed by atoms with E-state index < -0.39 is 5.97 Å². The van der Waals surface area contributed by atoms with Gasteiger partial charge in [0.15, 0.2) is 0 Å². The number of benzene rings is 1. The summed E-state index contributed by atoms with van der Waals surface area (Å²) in [6.07, 6.45) is 2.03. The fourth-order valence-electron chi connectivity index (χ4n) is 2.06. The second-order valence-electron chi connectivity index (χ2n) is 4.33. The molecule has 0 aliphatic rings. The minimum atomic E-state index is -0.721. The van der Waals surface area contributed by atoms with Crippen molar-refractivity contribution in [2.24, 2.45) is 0 Å². The fraction of sp³-hybridized carbons (Fsp3) is 0.267. The van der Waals surface area contributed by atoms with Gasteiger partial charge in [-0.05, 0) is 29.9 Å². The number of carboxylic acids is 1.